The van der Waals surface area contributed by atoms with Crippen molar-refractivity contribution >= 4 is 39.3 Å². The molecule has 2 fully saturated rings. The molecule has 1 N–H and O–H groups in total. The fraction of sp³-hybridized carbons (Fsp3) is 0.400. The van der Waals surface area contributed by atoms with Gasteiger partial charge in [-0.1, -0.05) is 0 Å². The summed E-state index contributed by atoms with van der Waals surface area (Å²) in [5.74, 6) is 2.19. The highest BCUT2D eigenvalue weighted by Gasteiger charge is 2.31. The highest BCUT2D eigenvalue weighted by molar-refractivity contribution is 7.99. The van der Waals surface area contributed by atoms with Crippen molar-refractivity contribution < 1.29 is 22.4 Å². The molecule has 10 heteroatoms. The number of anilines is 1. The Morgan fingerprint density at radius 1 is 1.03 bits per heavy atom. The molecule has 0 saturated carbocycles. The topological polar surface area (TPSA) is 99.9 Å². The normalized spacial score (nSPS) is 19.4. The zero-order chi connectivity index (χ0) is 21.1. The number of carbonyl (C=O) groups is 2. The first-order valence-electron chi connectivity index (χ1n) is 9.76. The number of rotatable bonds is 7. The van der Waals surface area contributed by atoms with Gasteiger partial charge in [-0.25, -0.2) is 13.1 Å². The van der Waals surface area contributed by atoms with Crippen molar-refractivity contribution in [3.05, 3.63) is 48.4 Å². The number of carbonyl (C=O) groups excluding carboxylic acids is 2. The summed E-state index contributed by atoms with van der Waals surface area (Å²) in [4.78, 5) is 27.1. The molecule has 0 bridgehead atoms. The minimum atomic E-state index is -3.76. The monoisotopic (exact) mass is 449 g/mol. The lowest BCUT2D eigenvalue weighted by atomic mass is 10.2. The summed E-state index contributed by atoms with van der Waals surface area (Å²) in [6, 6.07) is 9.28. The van der Waals surface area contributed by atoms with Gasteiger partial charge in [0.05, 0.1) is 22.9 Å². The number of furan rings is 1. The van der Waals surface area contributed by atoms with Crippen LogP contribution in [0.15, 0.2) is 52.0 Å². The maximum Gasteiger partial charge on any atom is 0.240 e. The lowest BCUT2D eigenvalue weighted by Crippen LogP contribution is -2.41. The summed E-state index contributed by atoms with van der Waals surface area (Å²) in [6.07, 6.45) is 1.96. The molecular weight excluding hydrogens is 426 g/mol. The van der Waals surface area contributed by atoms with Crippen LogP contribution in [0.1, 0.15) is 24.6 Å². The van der Waals surface area contributed by atoms with Crippen LogP contribution >= 0.6 is 11.8 Å². The predicted octanol–water partition coefficient (Wildman–Crippen LogP) is 2.00. The average Bonchev–Trinajstić information content (AvgIpc) is 3.39. The number of hydrogen-bond donors (Lipinski definition) is 1. The number of amides is 2. The summed E-state index contributed by atoms with van der Waals surface area (Å²) in [7, 11) is -3.76. The molecule has 3 heterocycles. The number of thioether (sulfide) groups is 1. The SMILES string of the molecule is O=C1CCC(=O)N1c1ccc(S(=O)(=O)NC[C@H](c2ccco2)N2CCSCC2)cc1. The maximum absolute atomic E-state index is 12.8. The van der Waals surface area contributed by atoms with Crippen LogP contribution in [0.2, 0.25) is 0 Å². The molecular formula is C20H23N3O5S2. The Morgan fingerprint density at radius 3 is 2.30 bits per heavy atom. The lowest BCUT2D eigenvalue weighted by Gasteiger charge is -2.33. The van der Waals surface area contributed by atoms with Crippen molar-refractivity contribution in [2.45, 2.75) is 23.8 Å². The second-order valence-electron chi connectivity index (χ2n) is 7.15. The third kappa shape index (κ3) is 4.46. The molecule has 2 aliphatic heterocycles. The number of imide groups is 1. The summed E-state index contributed by atoms with van der Waals surface area (Å²) in [5.41, 5.74) is 0.390. The van der Waals surface area contributed by atoms with Crippen LogP contribution in [0.5, 0.6) is 0 Å². The van der Waals surface area contributed by atoms with E-state index in [1.165, 1.54) is 24.3 Å². The molecule has 4 rings (SSSR count). The van der Waals surface area contributed by atoms with E-state index in [2.05, 4.69) is 9.62 Å². The molecule has 8 nitrogen and oxygen atoms in total. The number of benzene rings is 1. The van der Waals surface area contributed by atoms with Crippen molar-refractivity contribution in [1.29, 1.82) is 0 Å². The average molecular weight is 450 g/mol. The first kappa shape index (κ1) is 21.1. The Labute approximate surface area is 179 Å². The van der Waals surface area contributed by atoms with Gasteiger partial charge in [0.1, 0.15) is 5.76 Å². The van der Waals surface area contributed by atoms with E-state index in [1.54, 1.807) is 12.3 Å². The molecule has 2 saturated heterocycles. The van der Waals surface area contributed by atoms with Crippen LogP contribution in [0, 0.1) is 0 Å². The van der Waals surface area contributed by atoms with Gasteiger partial charge in [0.2, 0.25) is 21.8 Å². The van der Waals surface area contributed by atoms with E-state index in [0.717, 1.165) is 35.3 Å². The zero-order valence-electron chi connectivity index (χ0n) is 16.3. The van der Waals surface area contributed by atoms with Gasteiger partial charge in [-0.05, 0) is 36.4 Å². The summed E-state index contributed by atoms with van der Waals surface area (Å²) in [5, 5.41) is 0. The fourth-order valence-electron chi connectivity index (χ4n) is 3.69. The van der Waals surface area contributed by atoms with Gasteiger partial charge in [-0.15, -0.1) is 0 Å². The van der Waals surface area contributed by atoms with Gasteiger partial charge < -0.3 is 4.42 Å². The highest BCUT2D eigenvalue weighted by Crippen LogP contribution is 2.26. The molecule has 30 heavy (non-hydrogen) atoms. The summed E-state index contributed by atoms with van der Waals surface area (Å²) < 4.78 is 33.9. The van der Waals surface area contributed by atoms with Crippen LogP contribution in [0.4, 0.5) is 5.69 Å². The van der Waals surface area contributed by atoms with Crippen molar-refractivity contribution in [2.75, 3.05) is 36.0 Å². The predicted molar refractivity (Wildman–Crippen MR) is 114 cm³/mol. The quantitative estimate of drug-likeness (QED) is 0.646. The van der Waals surface area contributed by atoms with Gasteiger partial charge in [-0.2, -0.15) is 11.8 Å². The first-order valence-corrected chi connectivity index (χ1v) is 12.4. The Kier molecular flexibility index (Phi) is 6.28. The number of nitrogens with zero attached hydrogens (tertiary/aromatic N) is 2. The first-order chi connectivity index (χ1) is 14.5. The Morgan fingerprint density at radius 2 is 1.70 bits per heavy atom. The van der Waals surface area contributed by atoms with Crippen molar-refractivity contribution in [3.8, 4) is 0 Å². The van der Waals surface area contributed by atoms with Gasteiger partial charge in [0, 0.05) is 44.0 Å². The minimum absolute atomic E-state index is 0.0812. The number of hydrogen-bond acceptors (Lipinski definition) is 7. The van der Waals surface area contributed by atoms with Crippen LogP contribution < -0.4 is 9.62 Å². The van der Waals surface area contributed by atoms with E-state index in [4.69, 9.17) is 4.42 Å². The van der Waals surface area contributed by atoms with Crippen molar-refractivity contribution in [2.24, 2.45) is 0 Å². The molecule has 2 aromatic rings. The van der Waals surface area contributed by atoms with Gasteiger partial charge in [0.15, 0.2) is 0 Å². The molecule has 2 aliphatic rings. The van der Waals surface area contributed by atoms with E-state index in [0.29, 0.717) is 5.69 Å². The zero-order valence-corrected chi connectivity index (χ0v) is 18.0. The van der Waals surface area contributed by atoms with Crippen LogP contribution in [0.25, 0.3) is 0 Å². The van der Waals surface area contributed by atoms with E-state index < -0.39 is 10.0 Å². The smallest absolute Gasteiger partial charge is 0.240 e. The van der Waals surface area contributed by atoms with Crippen molar-refractivity contribution in [1.82, 2.24) is 9.62 Å². The Bertz CT molecular complexity index is 984. The second-order valence-corrected chi connectivity index (χ2v) is 10.1. The maximum atomic E-state index is 12.8. The van der Waals surface area contributed by atoms with Crippen LogP contribution in [-0.4, -0.2) is 56.3 Å². The Hall–Kier alpha value is -2.14. The fourth-order valence-corrected chi connectivity index (χ4v) is 5.66. The molecule has 0 radical (unpaired) electrons. The second kappa shape index (κ2) is 8.93. The molecule has 160 valence electrons. The van der Waals surface area contributed by atoms with E-state index in [1.807, 2.05) is 17.8 Å². The van der Waals surface area contributed by atoms with E-state index >= 15 is 0 Å². The molecule has 0 unspecified atom stereocenters. The molecule has 1 aromatic heterocycles. The van der Waals surface area contributed by atoms with Gasteiger partial charge >= 0.3 is 0 Å². The van der Waals surface area contributed by atoms with Crippen LogP contribution in [-0.2, 0) is 19.6 Å². The van der Waals surface area contributed by atoms with E-state index in [-0.39, 0.29) is 42.1 Å². The third-order valence-electron chi connectivity index (χ3n) is 5.28. The third-order valence-corrected chi connectivity index (χ3v) is 7.66. The summed E-state index contributed by atoms with van der Waals surface area (Å²) >= 11 is 1.88. The highest BCUT2D eigenvalue weighted by atomic mass is 32.2. The Balaban J connectivity index is 1.47. The number of sulfonamides is 1. The van der Waals surface area contributed by atoms with E-state index in [9.17, 15) is 18.0 Å². The van der Waals surface area contributed by atoms with Crippen LogP contribution in [0.3, 0.4) is 0 Å². The molecule has 1 aromatic carbocycles. The van der Waals surface area contributed by atoms with Gasteiger partial charge in [0.25, 0.3) is 0 Å². The van der Waals surface area contributed by atoms with Crippen molar-refractivity contribution in [3.63, 3.8) is 0 Å². The molecule has 0 spiro atoms. The molecule has 2 amide bonds. The lowest BCUT2D eigenvalue weighted by molar-refractivity contribution is -0.121. The minimum Gasteiger partial charge on any atom is -0.468 e. The largest absolute Gasteiger partial charge is 0.468 e. The van der Waals surface area contributed by atoms with Gasteiger partial charge in [-0.3, -0.25) is 19.4 Å². The summed E-state index contributed by atoms with van der Waals surface area (Å²) in [6.45, 7) is 1.92. The number of nitrogens with one attached hydrogen (secondary N) is 1. The molecule has 0 aliphatic carbocycles. The standard InChI is InChI=1S/C20H23N3O5S2/c24-19-7-8-20(25)23(19)15-3-5-16(6-4-15)30(26,27)21-14-17(18-2-1-11-28-18)22-9-12-29-13-10-22/h1-6,11,17,21H,7-10,12-14H2/t17-/m1/s1. The molecule has 1 atom stereocenters.